The lowest BCUT2D eigenvalue weighted by Gasteiger charge is -2.34. The van der Waals surface area contributed by atoms with Crippen LogP contribution in [0.25, 0.3) is 0 Å². The number of amides is 3. The molecule has 9 heteroatoms. The summed E-state index contributed by atoms with van der Waals surface area (Å²) in [5.74, 6) is 1.70. The molecular formula is C29H35N7O2. The van der Waals surface area contributed by atoms with E-state index in [0.29, 0.717) is 18.7 Å². The molecule has 198 valence electrons. The highest BCUT2D eigenvalue weighted by Crippen LogP contribution is 2.36. The van der Waals surface area contributed by atoms with Crippen LogP contribution in [0.2, 0.25) is 0 Å². The van der Waals surface area contributed by atoms with Crippen LogP contribution in [0.3, 0.4) is 0 Å². The lowest BCUT2D eigenvalue weighted by molar-refractivity contribution is 0.0985. The molecule has 2 fully saturated rings. The Hall–Kier alpha value is -3.85. The minimum atomic E-state index is -0.0706. The summed E-state index contributed by atoms with van der Waals surface area (Å²) in [4.78, 5) is 32.7. The fourth-order valence-corrected chi connectivity index (χ4v) is 5.40. The smallest absolute Gasteiger partial charge is 0.317 e. The normalized spacial score (nSPS) is 17.3. The van der Waals surface area contributed by atoms with E-state index in [1.807, 2.05) is 61.3 Å². The summed E-state index contributed by atoms with van der Waals surface area (Å²) in [6.45, 7) is 7.50. The number of fused-ring (bicyclic) bond motifs is 2. The van der Waals surface area contributed by atoms with Gasteiger partial charge in [-0.15, -0.1) is 0 Å². The number of urea groups is 1. The third-order valence-corrected chi connectivity index (χ3v) is 7.93. The average molecular weight is 514 g/mol. The van der Waals surface area contributed by atoms with E-state index in [-0.39, 0.29) is 11.9 Å². The second kappa shape index (κ2) is 10.1. The Morgan fingerprint density at radius 1 is 1.08 bits per heavy atom. The molecule has 9 nitrogen and oxygen atoms in total. The highest BCUT2D eigenvalue weighted by Gasteiger charge is 2.28. The molecule has 6 rings (SSSR count). The molecule has 2 N–H and O–H groups in total. The van der Waals surface area contributed by atoms with E-state index < -0.39 is 0 Å². The first kappa shape index (κ1) is 24.5. The van der Waals surface area contributed by atoms with Gasteiger partial charge in [-0.2, -0.15) is 5.10 Å². The van der Waals surface area contributed by atoms with E-state index >= 15 is 0 Å². The van der Waals surface area contributed by atoms with Crippen molar-refractivity contribution >= 4 is 29.1 Å². The van der Waals surface area contributed by atoms with Crippen LogP contribution in [-0.2, 0) is 20.1 Å². The van der Waals surface area contributed by atoms with Gasteiger partial charge >= 0.3 is 6.03 Å². The van der Waals surface area contributed by atoms with E-state index in [2.05, 4.69) is 20.6 Å². The molecule has 1 saturated heterocycles. The topological polar surface area (TPSA) is 85.7 Å². The van der Waals surface area contributed by atoms with Crippen molar-refractivity contribution in [2.75, 3.05) is 42.9 Å². The van der Waals surface area contributed by atoms with Gasteiger partial charge in [0.05, 0.1) is 24.1 Å². The van der Waals surface area contributed by atoms with Crippen LogP contribution in [0.4, 0.5) is 22.0 Å². The zero-order chi connectivity index (χ0) is 26.2. The molecular weight excluding hydrogens is 478 g/mol. The first-order valence-electron chi connectivity index (χ1n) is 13.5. The molecule has 0 radical (unpaired) electrons. The van der Waals surface area contributed by atoms with E-state index in [1.165, 1.54) is 19.4 Å². The Labute approximate surface area is 223 Å². The second-order valence-electron chi connectivity index (χ2n) is 10.7. The molecule has 3 amide bonds. The number of aromatic nitrogens is 2. The van der Waals surface area contributed by atoms with Crippen molar-refractivity contribution in [3.8, 4) is 0 Å². The minimum Gasteiger partial charge on any atom is -0.338 e. The molecule has 3 heterocycles. The third-order valence-electron chi connectivity index (χ3n) is 7.93. The standard InChI is InChI=1S/C29H35N7O2/c1-20-15-22(9-10-23(20)16-30-29(38)35-13-11-34(12-14-35)18-21-7-8-21)28(37)36-19-24-17-31-33(2)27(24)32-25-5-3-4-6-26(25)36/h3-6,9-10,15,17,21,32H,7-8,11-14,16,18-19H2,1-2H3,(H,30,38). The Morgan fingerprint density at radius 2 is 1.87 bits per heavy atom. The molecule has 0 bridgehead atoms. The Bertz CT molecular complexity index is 1350. The predicted octanol–water partition coefficient (Wildman–Crippen LogP) is 3.87. The number of carbonyl (C=O) groups excluding carboxylic acids is 2. The molecule has 2 aromatic carbocycles. The lowest BCUT2D eigenvalue weighted by atomic mass is 10.0. The van der Waals surface area contributed by atoms with Crippen LogP contribution in [0.15, 0.2) is 48.7 Å². The van der Waals surface area contributed by atoms with Crippen molar-refractivity contribution < 1.29 is 9.59 Å². The van der Waals surface area contributed by atoms with Crippen molar-refractivity contribution in [1.29, 1.82) is 0 Å². The zero-order valence-electron chi connectivity index (χ0n) is 22.1. The average Bonchev–Trinajstić information content (AvgIpc) is 3.71. The molecule has 3 aromatic rings. The van der Waals surface area contributed by atoms with Crippen LogP contribution < -0.4 is 15.5 Å². The van der Waals surface area contributed by atoms with E-state index in [0.717, 1.165) is 66.0 Å². The summed E-state index contributed by atoms with van der Waals surface area (Å²) < 4.78 is 1.79. The quantitative estimate of drug-likeness (QED) is 0.541. The number of piperazine rings is 1. The highest BCUT2D eigenvalue weighted by molar-refractivity contribution is 6.08. The molecule has 2 aliphatic heterocycles. The first-order chi connectivity index (χ1) is 18.5. The summed E-state index contributed by atoms with van der Waals surface area (Å²) >= 11 is 0. The number of anilines is 3. The van der Waals surface area contributed by atoms with Crippen LogP contribution in [-0.4, -0.2) is 64.2 Å². The number of hydrogen-bond acceptors (Lipinski definition) is 5. The molecule has 38 heavy (non-hydrogen) atoms. The monoisotopic (exact) mass is 513 g/mol. The van der Waals surface area contributed by atoms with Crippen molar-refractivity contribution in [2.24, 2.45) is 13.0 Å². The number of benzene rings is 2. The van der Waals surface area contributed by atoms with Crippen molar-refractivity contribution in [2.45, 2.75) is 32.9 Å². The maximum Gasteiger partial charge on any atom is 0.317 e. The summed E-state index contributed by atoms with van der Waals surface area (Å²) in [6.07, 6.45) is 4.52. The second-order valence-corrected chi connectivity index (χ2v) is 10.7. The SMILES string of the molecule is Cc1cc(C(=O)N2Cc3cnn(C)c3Nc3ccccc32)ccc1CNC(=O)N1CCN(CC2CC2)CC1. The molecule has 1 aliphatic carbocycles. The number of para-hydroxylation sites is 2. The molecule has 3 aliphatic rings. The maximum absolute atomic E-state index is 13.8. The number of aryl methyl sites for hydroxylation is 2. The molecule has 0 spiro atoms. The fourth-order valence-electron chi connectivity index (χ4n) is 5.40. The van der Waals surface area contributed by atoms with Gasteiger partial charge in [0.25, 0.3) is 5.91 Å². The van der Waals surface area contributed by atoms with E-state index in [1.54, 1.807) is 15.8 Å². The predicted molar refractivity (Wildman–Crippen MR) is 148 cm³/mol. The number of hydrogen-bond donors (Lipinski definition) is 2. The molecule has 0 atom stereocenters. The number of nitrogens with one attached hydrogen (secondary N) is 2. The molecule has 1 aromatic heterocycles. The van der Waals surface area contributed by atoms with Crippen molar-refractivity contribution in [3.05, 3.63) is 70.9 Å². The lowest BCUT2D eigenvalue weighted by Crippen LogP contribution is -2.51. The highest BCUT2D eigenvalue weighted by atomic mass is 16.2. The van der Waals surface area contributed by atoms with Gasteiger partial charge in [0.15, 0.2) is 0 Å². The van der Waals surface area contributed by atoms with E-state index in [9.17, 15) is 9.59 Å². The Balaban J connectivity index is 1.12. The molecule has 1 saturated carbocycles. The van der Waals surface area contributed by atoms with Gasteiger partial charge in [0.2, 0.25) is 0 Å². The van der Waals surface area contributed by atoms with Crippen LogP contribution >= 0.6 is 0 Å². The van der Waals surface area contributed by atoms with Gasteiger partial charge in [0, 0.05) is 57.4 Å². The maximum atomic E-state index is 13.8. The van der Waals surface area contributed by atoms with Crippen LogP contribution in [0.1, 0.15) is 39.9 Å². The largest absolute Gasteiger partial charge is 0.338 e. The van der Waals surface area contributed by atoms with Crippen molar-refractivity contribution in [1.82, 2.24) is 24.9 Å². The Kier molecular flexibility index (Phi) is 6.53. The minimum absolute atomic E-state index is 0.0171. The Morgan fingerprint density at radius 3 is 2.63 bits per heavy atom. The van der Waals surface area contributed by atoms with Crippen LogP contribution in [0, 0.1) is 12.8 Å². The van der Waals surface area contributed by atoms with E-state index in [4.69, 9.17) is 0 Å². The van der Waals surface area contributed by atoms with Gasteiger partial charge in [-0.1, -0.05) is 18.2 Å². The summed E-state index contributed by atoms with van der Waals surface area (Å²) in [5, 5.41) is 10.9. The van der Waals surface area contributed by atoms with Gasteiger partial charge in [-0.25, -0.2) is 4.79 Å². The van der Waals surface area contributed by atoms with Gasteiger partial charge in [-0.3, -0.25) is 14.4 Å². The zero-order valence-corrected chi connectivity index (χ0v) is 22.1. The van der Waals surface area contributed by atoms with Crippen LogP contribution in [0.5, 0.6) is 0 Å². The first-order valence-corrected chi connectivity index (χ1v) is 13.5. The number of nitrogens with zero attached hydrogens (tertiary/aromatic N) is 5. The number of rotatable bonds is 5. The van der Waals surface area contributed by atoms with Gasteiger partial charge < -0.3 is 20.4 Å². The summed E-state index contributed by atoms with van der Waals surface area (Å²) in [6, 6.07) is 13.6. The van der Waals surface area contributed by atoms with Gasteiger partial charge in [0.1, 0.15) is 5.82 Å². The molecule has 0 unspecified atom stereocenters. The summed E-state index contributed by atoms with van der Waals surface area (Å²) in [5.41, 5.74) is 5.27. The van der Waals surface area contributed by atoms with Crippen molar-refractivity contribution in [3.63, 3.8) is 0 Å². The van der Waals surface area contributed by atoms with Gasteiger partial charge in [-0.05, 0) is 61.1 Å². The third kappa shape index (κ3) is 4.98. The fraction of sp³-hybridized carbons (Fsp3) is 0.414. The number of carbonyl (C=O) groups is 2. The summed E-state index contributed by atoms with van der Waals surface area (Å²) in [7, 11) is 1.89.